The summed E-state index contributed by atoms with van der Waals surface area (Å²) in [5, 5.41) is 21.5. The third-order valence-electron chi connectivity index (χ3n) is 4.88. The van der Waals surface area contributed by atoms with Gasteiger partial charge in [0.2, 0.25) is 11.8 Å². The molecule has 1 N–H and O–H groups in total. The van der Waals surface area contributed by atoms with Crippen LogP contribution in [0.3, 0.4) is 0 Å². The van der Waals surface area contributed by atoms with Gasteiger partial charge < -0.3 is 9.73 Å². The highest BCUT2D eigenvalue weighted by atomic mass is 35.5. The van der Waals surface area contributed by atoms with E-state index >= 15 is 0 Å². The molecule has 0 amide bonds. The first kappa shape index (κ1) is 21.2. The largest absolute Gasteiger partial charge is 0.420 e. The Balaban J connectivity index is 1.43. The lowest BCUT2D eigenvalue weighted by atomic mass is 10.2. The summed E-state index contributed by atoms with van der Waals surface area (Å²) in [7, 11) is 1.87. The second-order valence-corrected chi connectivity index (χ2v) is 8.30. The molecule has 3 heterocycles. The molecule has 0 saturated heterocycles. The SMILES string of the molecule is CNc1ccc(-c2nnc(CSc3nnc(-c4ccncc4)n3-c3ccccc3Cl)o2)cc1. The van der Waals surface area contributed by atoms with Crippen molar-refractivity contribution in [2.45, 2.75) is 10.9 Å². The van der Waals surface area contributed by atoms with Crippen molar-refractivity contribution in [1.29, 1.82) is 0 Å². The van der Waals surface area contributed by atoms with Crippen LogP contribution < -0.4 is 5.32 Å². The molecule has 0 aliphatic heterocycles. The van der Waals surface area contributed by atoms with Crippen molar-refractivity contribution in [2.75, 3.05) is 12.4 Å². The fourth-order valence-electron chi connectivity index (χ4n) is 3.24. The molecular weight excluding hydrogens is 458 g/mol. The van der Waals surface area contributed by atoms with Crippen LogP contribution in [-0.4, -0.2) is 37.0 Å². The summed E-state index contributed by atoms with van der Waals surface area (Å²) in [6.45, 7) is 0. The zero-order valence-corrected chi connectivity index (χ0v) is 19.1. The summed E-state index contributed by atoms with van der Waals surface area (Å²) in [5.41, 5.74) is 3.54. The zero-order chi connectivity index (χ0) is 22.6. The van der Waals surface area contributed by atoms with Crippen molar-refractivity contribution < 1.29 is 4.42 Å². The van der Waals surface area contributed by atoms with Gasteiger partial charge in [-0.15, -0.1) is 20.4 Å². The van der Waals surface area contributed by atoms with Crippen molar-refractivity contribution in [3.8, 4) is 28.5 Å². The number of anilines is 1. The Morgan fingerprint density at radius 2 is 1.70 bits per heavy atom. The Kier molecular flexibility index (Phi) is 6.05. The van der Waals surface area contributed by atoms with Gasteiger partial charge in [-0.3, -0.25) is 9.55 Å². The lowest BCUT2D eigenvalue weighted by molar-refractivity contribution is 0.528. The monoisotopic (exact) mass is 475 g/mol. The van der Waals surface area contributed by atoms with Crippen molar-refractivity contribution in [1.82, 2.24) is 29.9 Å². The van der Waals surface area contributed by atoms with E-state index in [0.29, 0.717) is 33.5 Å². The van der Waals surface area contributed by atoms with Gasteiger partial charge in [0.15, 0.2) is 11.0 Å². The molecule has 5 rings (SSSR count). The van der Waals surface area contributed by atoms with Crippen LogP contribution in [0.1, 0.15) is 5.89 Å². The van der Waals surface area contributed by atoms with E-state index in [-0.39, 0.29) is 0 Å². The summed E-state index contributed by atoms with van der Waals surface area (Å²) in [6, 6.07) is 19.1. The first-order chi connectivity index (χ1) is 16.2. The number of rotatable bonds is 7. The van der Waals surface area contributed by atoms with Gasteiger partial charge >= 0.3 is 0 Å². The number of hydrogen-bond acceptors (Lipinski definition) is 8. The van der Waals surface area contributed by atoms with E-state index in [2.05, 4.69) is 30.7 Å². The van der Waals surface area contributed by atoms with Gasteiger partial charge in [-0.1, -0.05) is 35.5 Å². The minimum atomic E-state index is 0.431. The van der Waals surface area contributed by atoms with E-state index in [1.807, 2.05) is 72.3 Å². The average molecular weight is 476 g/mol. The molecular formula is C23H18ClN7OS. The normalized spacial score (nSPS) is 11.0. The van der Waals surface area contributed by atoms with Gasteiger partial charge in [0, 0.05) is 36.3 Å². The standard InChI is InChI=1S/C23H18ClN7OS/c1-25-17-8-6-16(7-9-17)22-29-27-20(32-22)14-33-23-30-28-21(15-10-12-26-13-11-15)31(23)19-5-3-2-4-18(19)24/h2-13,25H,14H2,1H3. The van der Waals surface area contributed by atoms with Gasteiger partial charge in [0.05, 0.1) is 16.5 Å². The molecule has 0 atom stereocenters. The Labute approximate surface area is 199 Å². The van der Waals surface area contributed by atoms with Gasteiger partial charge in [-0.2, -0.15) is 0 Å². The maximum atomic E-state index is 6.51. The molecule has 2 aromatic carbocycles. The topological polar surface area (TPSA) is 94.5 Å². The molecule has 3 aromatic heterocycles. The molecule has 164 valence electrons. The van der Waals surface area contributed by atoms with Crippen LogP contribution in [0.25, 0.3) is 28.5 Å². The molecule has 0 aliphatic carbocycles. The summed E-state index contributed by atoms with van der Waals surface area (Å²) in [6.07, 6.45) is 3.44. The van der Waals surface area contributed by atoms with Crippen LogP contribution in [0.2, 0.25) is 5.02 Å². The van der Waals surface area contributed by atoms with Crippen LogP contribution in [0, 0.1) is 0 Å². The number of hydrogen-bond donors (Lipinski definition) is 1. The van der Waals surface area contributed by atoms with Crippen molar-refractivity contribution in [3.05, 3.63) is 84.0 Å². The maximum Gasteiger partial charge on any atom is 0.247 e. The van der Waals surface area contributed by atoms with Gasteiger partial charge in [-0.05, 0) is 48.5 Å². The number of nitrogens with one attached hydrogen (secondary N) is 1. The van der Waals surface area contributed by atoms with E-state index in [4.69, 9.17) is 16.0 Å². The Bertz CT molecular complexity index is 1370. The highest BCUT2D eigenvalue weighted by Crippen LogP contribution is 2.32. The first-order valence-corrected chi connectivity index (χ1v) is 11.4. The highest BCUT2D eigenvalue weighted by Gasteiger charge is 2.19. The average Bonchev–Trinajstić information content (AvgIpc) is 3.51. The van der Waals surface area contributed by atoms with Crippen LogP contribution in [0.5, 0.6) is 0 Å². The number of para-hydroxylation sites is 1. The second-order valence-electron chi connectivity index (χ2n) is 6.95. The Morgan fingerprint density at radius 3 is 2.45 bits per heavy atom. The van der Waals surface area contributed by atoms with E-state index in [1.165, 1.54) is 11.8 Å². The minimum absolute atomic E-state index is 0.431. The summed E-state index contributed by atoms with van der Waals surface area (Å²) in [5.74, 6) is 2.06. The lowest BCUT2D eigenvalue weighted by Crippen LogP contribution is -2.00. The Hall–Kier alpha value is -3.69. The highest BCUT2D eigenvalue weighted by molar-refractivity contribution is 7.98. The minimum Gasteiger partial charge on any atom is -0.420 e. The number of pyridine rings is 1. The molecule has 33 heavy (non-hydrogen) atoms. The third-order valence-corrected chi connectivity index (χ3v) is 6.11. The predicted molar refractivity (Wildman–Crippen MR) is 128 cm³/mol. The van der Waals surface area contributed by atoms with E-state index in [1.54, 1.807) is 12.4 Å². The third kappa shape index (κ3) is 4.46. The number of nitrogens with zero attached hydrogens (tertiary/aromatic N) is 6. The smallest absolute Gasteiger partial charge is 0.247 e. The second kappa shape index (κ2) is 9.43. The van der Waals surface area contributed by atoms with Crippen molar-refractivity contribution in [3.63, 3.8) is 0 Å². The molecule has 0 saturated carbocycles. The van der Waals surface area contributed by atoms with Crippen molar-refractivity contribution in [2.24, 2.45) is 0 Å². The summed E-state index contributed by atoms with van der Waals surface area (Å²) < 4.78 is 7.80. The number of halogens is 1. The lowest BCUT2D eigenvalue weighted by Gasteiger charge is -2.11. The van der Waals surface area contributed by atoms with Crippen molar-refractivity contribution >= 4 is 29.1 Å². The van der Waals surface area contributed by atoms with Gasteiger partial charge in [0.1, 0.15) is 0 Å². The molecule has 0 unspecified atom stereocenters. The molecule has 0 fully saturated rings. The number of aromatic nitrogens is 6. The van der Waals surface area contributed by atoms with Crippen LogP contribution in [0.15, 0.2) is 82.6 Å². The van der Waals surface area contributed by atoms with E-state index in [9.17, 15) is 0 Å². The first-order valence-electron chi connectivity index (χ1n) is 10.1. The molecule has 10 heteroatoms. The predicted octanol–water partition coefficient (Wildman–Crippen LogP) is 5.37. The Morgan fingerprint density at radius 1 is 0.909 bits per heavy atom. The zero-order valence-electron chi connectivity index (χ0n) is 17.5. The molecule has 0 spiro atoms. The maximum absolute atomic E-state index is 6.51. The van der Waals surface area contributed by atoms with Gasteiger partial charge in [0.25, 0.3) is 0 Å². The van der Waals surface area contributed by atoms with E-state index in [0.717, 1.165) is 22.5 Å². The van der Waals surface area contributed by atoms with Gasteiger partial charge in [-0.25, -0.2) is 0 Å². The fraction of sp³-hybridized carbons (Fsp3) is 0.0870. The molecule has 0 radical (unpaired) electrons. The number of benzene rings is 2. The summed E-state index contributed by atoms with van der Waals surface area (Å²) >= 11 is 7.96. The van der Waals surface area contributed by atoms with Crippen LogP contribution in [0.4, 0.5) is 5.69 Å². The van der Waals surface area contributed by atoms with Crippen LogP contribution >= 0.6 is 23.4 Å². The number of thioether (sulfide) groups is 1. The molecule has 0 bridgehead atoms. The molecule has 0 aliphatic rings. The molecule has 8 nitrogen and oxygen atoms in total. The van der Waals surface area contributed by atoms with Crippen LogP contribution in [-0.2, 0) is 5.75 Å². The summed E-state index contributed by atoms with van der Waals surface area (Å²) in [4.78, 5) is 4.09. The van der Waals surface area contributed by atoms with E-state index < -0.39 is 0 Å². The quantitative estimate of drug-likeness (QED) is 0.314. The fourth-order valence-corrected chi connectivity index (χ4v) is 4.24. The molecule has 5 aromatic rings.